The predicted octanol–water partition coefficient (Wildman–Crippen LogP) is 1.44. The van der Waals surface area contributed by atoms with Crippen molar-refractivity contribution in [2.24, 2.45) is 5.73 Å². The van der Waals surface area contributed by atoms with E-state index in [1.165, 1.54) is 11.1 Å². The zero-order chi connectivity index (χ0) is 11.5. The van der Waals surface area contributed by atoms with Gasteiger partial charge in [-0.25, -0.2) is 8.42 Å². The van der Waals surface area contributed by atoms with E-state index < -0.39 is 15.1 Å². The standard InChI is InChI=1S/C10H17NO2S2/c1-8(15(2,12)13)10(11)6-5-9-4-3-7-14-9/h3-4,7-8,10H,5-6,11H2,1-2H3. The first kappa shape index (κ1) is 12.7. The molecule has 2 atom stereocenters. The average Bonchev–Trinajstić information content (AvgIpc) is 2.63. The second kappa shape index (κ2) is 5.09. The first-order valence-electron chi connectivity index (χ1n) is 4.88. The highest BCUT2D eigenvalue weighted by atomic mass is 32.2. The van der Waals surface area contributed by atoms with Crippen LogP contribution in [0.15, 0.2) is 17.5 Å². The molecule has 0 saturated carbocycles. The molecule has 0 bridgehead atoms. The molecule has 15 heavy (non-hydrogen) atoms. The minimum absolute atomic E-state index is 0.276. The molecule has 2 unspecified atom stereocenters. The minimum Gasteiger partial charge on any atom is -0.327 e. The van der Waals surface area contributed by atoms with Gasteiger partial charge >= 0.3 is 0 Å². The Morgan fingerprint density at radius 3 is 2.67 bits per heavy atom. The molecule has 0 aliphatic heterocycles. The van der Waals surface area contributed by atoms with E-state index >= 15 is 0 Å². The molecule has 0 spiro atoms. The van der Waals surface area contributed by atoms with Crippen molar-refractivity contribution in [2.45, 2.75) is 31.1 Å². The van der Waals surface area contributed by atoms with E-state index in [0.29, 0.717) is 0 Å². The molecule has 1 aromatic heterocycles. The average molecular weight is 247 g/mol. The van der Waals surface area contributed by atoms with Crippen molar-refractivity contribution in [3.8, 4) is 0 Å². The number of nitrogens with two attached hydrogens (primary N) is 1. The van der Waals surface area contributed by atoms with Crippen molar-refractivity contribution >= 4 is 21.2 Å². The van der Waals surface area contributed by atoms with Crippen LogP contribution >= 0.6 is 11.3 Å². The van der Waals surface area contributed by atoms with Gasteiger partial charge in [-0.3, -0.25) is 0 Å². The molecule has 1 aromatic rings. The third kappa shape index (κ3) is 3.93. The zero-order valence-electron chi connectivity index (χ0n) is 9.01. The van der Waals surface area contributed by atoms with Crippen molar-refractivity contribution in [3.05, 3.63) is 22.4 Å². The van der Waals surface area contributed by atoms with Crippen LogP contribution in [0.4, 0.5) is 0 Å². The lowest BCUT2D eigenvalue weighted by Gasteiger charge is -2.17. The number of rotatable bonds is 5. The van der Waals surface area contributed by atoms with Gasteiger partial charge in [-0.05, 0) is 31.2 Å². The zero-order valence-corrected chi connectivity index (χ0v) is 10.6. The van der Waals surface area contributed by atoms with Crippen LogP contribution in [-0.2, 0) is 16.3 Å². The van der Waals surface area contributed by atoms with Gasteiger partial charge in [-0.1, -0.05) is 6.07 Å². The number of sulfone groups is 1. The molecule has 0 aliphatic carbocycles. The van der Waals surface area contributed by atoms with E-state index in [1.807, 2.05) is 17.5 Å². The number of hydrogen-bond donors (Lipinski definition) is 1. The van der Waals surface area contributed by atoms with Crippen molar-refractivity contribution in [3.63, 3.8) is 0 Å². The van der Waals surface area contributed by atoms with Crippen LogP contribution in [0.25, 0.3) is 0 Å². The van der Waals surface area contributed by atoms with Crippen LogP contribution in [0.3, 0.4) is 0 Å². The van der Waals surface area contributed by atoms with Crippen LogP contribution < -0.4 is 5.73 Å². The number of hydrogen-bond acceptors (Lipinski definition) is 4. The Morgan fingerprint density at radius 1 is 1.53 bits per heavy atom. The van der Waals surface area contributed by atoms with Crippen molar-refractivity contribution in [1.82, 2.24) is 0 Å². The fourth-order valence-corrected chi connectivity index (χ4v) is 2.81. The molecule has 1 heterocycles. The molecule has 0 amide bonds. The highest BCUT2D eigenvalue weighted by Gasteiger charge is 2.22. The second-order valence-electron chi connectivity index (χ2n) is 3.82. The van der Waals surface area contributed by atoms with Gasteiger partial charge in [0, 0.05) is 17.2 Å². The van der Waals surface area contributed by atoms with Crippen LogP contribution in [0.2, 0.25) is 0 Å². The lowest BCUT2D eigenvalue weighted by Crippen LogP contribution is -2.38. The molecule has 86 valence electrons. The third-order valence-corrected chi connectivity index (χ3v) is 5.22. The van der Waals surface area contributed by atoms with Crippen LogP contribution in [0.1, 0.15) is 18.2 Å². The summed E-state index contributed by atoms with van der Waals surface area (Å²) >= 11 is 1.68. The Hall–Kier alpha value is -0.390. The molecule has 3 nitrogen and oxygen atoms in total. The summed E-state index contributed by atoms with van der Waals surface area (Å²) in [7, 11) is -3.01. The normalized spacial score (nSPS) is 16.2. The summed E-state index contributed by atoms with van der Waals surface area (Å²) < 4.78 is 22.5. The number of thiophene rings is 1. The van der Waals surface area contributed by atoms with Gasteiger partial charge in [-0.15, -0.1) is 11.3 Å². The van der Waals surface area contributed by atoms with Crippen molar-refractivity contribution in [1.29, 1.82) is 0 Å². The van der Waals surface area contributed by atoms with Crippen LogP contribution in [0.5, 0.6) is 0 Å². The molecule has 0 saturated heterocycles. The van der Waals surface area contributed by atoms with E-state index in [1.54, 1.807) is 18.3 Å². The summed E-state index contributed by atoms with van der Waals surface area (Å²) in [5.74, 6) is 0. The Labute approximate surface area is 95.2 Å². The van der Waals surface area contributed by atoms with E-state index in [2.05, 4.69) is 0 Å². The highest BCUT2D eigenvalue weighted by molar-refractivity contribution is 7.91. The summed E-state index contributed by atoms with van der Waals surface area (Å²) in [5, 5.41) is 1.55. The summed E-state index contributed by atoms with van der Waals surface area (Å²) in [5.41, 5.74) is 5.85. The Bertz CT molecular complexity index is 384. The maximum absolute atomic E-state index is 11.3. The smallest absolute Gasteiger partial charge is 0.151 e. The van der Waals surface area contributed by atoms with Gasteiger partial charge in [-0.2, -0.15) is 0 Å². The van der Waals surface area contributed by atoms with Crippen LogP contribution in [0, 0.1) is 0 Å². The Balaban J connectivity index is 2.46. The van der Waals surface area contributed by atoms with Crippen molar-refractivity contribution in [2.75, 3.05) is 6.26 Å². The maximum atomic E-state index is 11.3. The quantitative estimate of drug-likeness (QED) is 0.856. The first-order valence-corrected chi connectivity index (χ1v) is 7.71. The summed E-state index contributed by atoms with van der Waals surface area (Å²) in [6.07, 6.45) is 2.82. The monoisotopic (exact) mass is 247 g/mol. The highest BCUT2D eigenvalue weighted by Crippen LogP contribution is 2.14. The lowest BCUT2D eigenvalue weighted by atomic mass is 10.1. The predicted molar refractivity (Wildman–Crippen MR) is 64.9 cm³/mol. The van der Waals surface area contributed by atoms with Gasteiger partial charge in [0.1, 0.15) is 0 Å². The van der Waals surface area contributed by atoms with Gasteiger partial charge in [0.25, 0.3) is 0 Å². The Kier molecular flexibility index (Phi) is 4.31. The fraction of sp³-hybridized carbons (Fsp3) is 0.600. The van der Waals surface area contributed by atoms with E-state index in [0.717, 1.165) is 12.8 Å². The molecular weight excluding hydrogens is 230 g/mol. The fourth-order valence-electron chi connectivity index (χ4n) is 1.32. The Morgan fingerprint density at radius 2 is 2.20 bits per heavy atom. The second-order valence-corrected chi connectivity index (χ2v) is 7.25. The minimum atomic E-state index is -3.01. The van der Waals surface area contributed by atoms with E-state index in [-0.39, 0.29) is 6.04 Å². The first-order chi connectivity index (χ1) is 6.91. The number of aryl methyl sites for hydroxylation is 1. The molecule has 0 aliphatic rings. The van der Waals surface area contributed by atoms with Gasteiger partial charge < -0.3 is 5.73 Å². The van der Waals surface area contributed by atoms with Crippen molar-refractivity contribution < 1.29 is 8.42 Å². The molecule has 5 heteroatoms. The molecule has 1 rings (SSSR count). The summed E-state index contributed by atoms with van der Waals surface area (Å²) in [6, 6.07) is 3.76. The third-order valence-electron chi connectivity index (χ3n) is 2.58. The maximum Gasteiger partial charge on any atom is 0.151 e. The van der Waals surface area contributed by atoms with Gasteiger partial charge in [0.15, 0.2) is 9.84 Å². The van der Waals surface area contributed by atoms with E-state index in [9.17, 15) is 8.42 Å². The van der Waals surface area contributed by atoms with E-state index in [4.69, 9.17) is 5.73 Å². The summed E-state index contributed by atoms with van der Waals surface area (Å²) in [6.45, 7) is 1.68. The molecule has 0 aromatic carbocycles. The SMILES string of the molecule is CC(C(N)CCc1cccs1)S(C)(=O)=O. The van der Waals surface area contributed by atoms with Gasteiger partial charge in [0.2, 0.25) is 0 Å². The van der Waals surface area contributed by atoms with Crippen LogP contribution in [-0.4, -0.2) is 26.0 Å². The largest absolute Gasteiger partial charge is 0.327 e. The summed E-state index contributed by atoms with van der Waals surface area (Å²) in [4.78, 5) is 1.26. The molecule has 2 N–H and O–H groups in total. The molecule has 0 radical (unpaired) electrons. The molecule has 0 fully saturated rings. The lowest BCUT2D eigenvalue weighted by molar-refractivity contribution is 0.547. The topological polar surface area (TPSA) is 60.2 Å². The molecular formula is C10H17NO2S2. The van der Waals surface area contributed by atoms with Gasteiger partial charge in [0.05, 0.1) is 5.25 Å².